The molecule has 6 rings (SSSR count). The van der Waals surface area contributed by atoms with Crippen molar-refractivity contribution in [3.63, 3.8) is 0 Å². The summed E-state index contributed by atoms with van der Waals surface area (Å²) in [6, 6.07) is 23.4. The number of fused-ring (bicyclic) bond motifs is 1. The number of amides is 1. The molecule has 3 aromatic heterocycles. The Labute approximate surface area is 230 Å². The third-order valence-corrected chi connectivity index (χ3v) is 7.18. The largest absolute Gasteiger partial charge is 0.505 e. The van der Waals surface area contributed by atoms with E-state index in [4.69, 9.17) is 9.15 Å². The number of furan rings is 1. The maximum atomic E-state index is 13.5. The van der Waals surface area contributed by atoms with Gasteiger partial charge in [-0.3, -0.25) is 9.59 Å². The fraction of sp³-hybridized carbons (Fsp3) is 0.156. The molecule has 8 heteroatoms. The van der Waals surface area contributed by atoms with Gasteiger partial charge < -0.3 is 23.6 Å². The Morgan fingerprint density at radius 1 is 1.00 bits per heavy atom. The number of Topliss-reactive ketones (excluding diaryl/α,β-unsaturated/α-hetero) is 1. The topological polar surface area (TPSA) is 97.3 Å². The molecule has 0 aliphatic carbocycles. The SMILES string of the molecule is Cc1cccn2c(C)c(/C(O)=C3\C(=O)C(=O)N(Cc4ccco4)C3c3cccc(OCc4ccccc4)c3)nc12. The zero-order chi connectivity index (χ0) is 27.8. The average molecular weight is 534 g/mol. The molecule has 200 valence electrons. The number of aliphatic hydroxyl groups is 1. The van der Waals surface area contributed by atoms with Crippen LogP contribution in [0.3, 0.4) is 0 Å². The van der Waals surface area contributed by atoms with Crippen LogP contribution in [0, 0.1) is 13.8 Å². The molecule has 4 heterocycles. The normalized spacial score (nSPS) is 16.6. The maximum absolute atomic E-state index is 13.5. The highest BCUT2D eigenvalue weighted by atomic mass is 16.5. The van der Waals surface area contributed by atoms with Crippen LogP contribution in [-0.2, 0) is 22.7 Å². The van der Waals surface area contributed by atoms with E-state index in [1.807, 2.05) is 85.1 Å². The average Bonchev–Trinajstić information content (AvgIpc) is 3.67. The van der Waals surface area contributed by atoms with Gasteiger partial charge in [-0.1, -0.05) is 48.5 Å². The predicted octanol–water partition coefficient (Wildman–Crippen LogP) is 5.75. The Bertz CT molecular complexity index is 1750. The van der Waals surface area contributed by atoms with E-state index in [1.54, 1.807) is 18.2 Å². The van der Waals surface area contributed by atoms with Gasteiger partial charge in [-0.15, -0.1) is 0 Å². The van der Waals surface area contributed by atoms with Gasteiger partial charge in [0.25, 0.3) is 11.7 Å². The smallest absolute Gasteiger partial charge is 0.296 e. The van der Waals surface area contributed by atoms with Gasteiger partial charge in [-0.05, 0) is 60.9 Å². The van der Waals surface area contributed by atoms with Crippen molar-refractivity contribution in [1.82, 2.24) is 14.3 Å². The standard InChI is InChI=1S/C32H27N3O5/c1-20-9-7-15-34-21(2)27(33-31(20)34)29(36)26-28(35(32(38)30(26)37)18-25-14-8-16-39-25)23-12-6-13-24(17-23)40-19-22-10-4-3-5-11-22/h3-17,28,36H,18-19H2,1-2H3/b29-26+. The first-order valence-corrected chi connectivity index (χ1v) is 12.9. The number of aromatic nitrogens is 2. The Balaban J connectivity index is 1.46. The second kappa shape index (κ2) is 10.2. The summed E-state index contributed by atoms with van der Waals surface area (Å²) in [7, 11) is 0. The van der Waals surface area contributed by atoms with E-state index < -0.39 is 17.7 Å². The van der Waals surface area contributed by atoms with Gasteiger partial charge in [0.05, 0.1) is 30.1 Å². The number of rotatable bonds is 7. The van der Waals surface area contributed by atoms with Crippen molar-refractivity contribution in [2.75, 3.05) is 0 Å². The summed E-state index contributed by atoms with van der Waals surface area (Å²) in [5.74, 6) is -0.733. The van der Waals surface area contributed by atoms with Crippen molar-refractivity contribution in [3.8, 4) is 5.75 Å². The van der Waals surface area contributed by atoms with Gasteiger partial charge in [-0.25, -0.2) is 4.98 Å². The second-order valence-corrected chi connectivity index (χ2v) is 9.78. The molecule has 1 atom stereocenters. The molecule has 0 radical (unpaired) electrons. The van der Waals surface area contributed by atoms with Crippen molar-refractivity contribution >= 4 is 23.1 Å². The van der Waals surface area contributed by atoms with Crippen LogP contribution in [0.5, 0.6) is 5.75 Å². The van der Waals surface area contributed by atoms with E-state index >= 15 is 0 Å². The van der Waals surface area contributed by atoms with E-state index in [9.17, 15) is 14.7 Å². The summed E-state index contributed by atoms with van der Waals surface area (Å²) < 4.78 is 13.4. The molecule has 1 aliphatic heterocycles. The molecule has 40 heavy (non-hydrogen) atoms. The Kier molecular flexibility index (Phi) is 6.43. The minimum Gasteiger partial charge on any atom is -0.505 e. The molecule has 1 N–H and O–H groups in total. The van der Waals surface area contributed by atoms with E-state index in [2.05, 4.69) is 4.98 Å². The summed E-state index contributed by atoms with van der Waals surface area (Å²) >= 11 is 0. The summed E-state index contributed by atoms with van der Waals surface area (Å²) in [6.45, 7) is 4.16. The molecule has 0 spiro atoms. The number of carbonyl (C=O) groups excluding carboxylic acids is 2. The summed E-state index contributed by atoms with van der Waals surface area (Å²) in [5, 5.41) is 11.6. The molecular formula is C32H27N3O5. The lowest BCUT2D eigenvalue weighted by molar-refractivity contribution is -0.140. The summed E-state index contributed by atoms with van der Waals surface area (Å²) in [5.41, 5.74) is 4.10. The fourth-order valence-electron chi connectivity index (χ4n) is 5.15. The molecule has 0 bridgehead atoms. The number of imidazole rings is 1. The number of aliphatic hydroxyl groups excluding tert-OH is 1. The Morgan fingerprint density at radius 3 is 2.58 bits per heavy atom. The third-order valence-electron chi connectivity index (χ3n) is 7.18. The molecule has 1 unspecified atom stereocenters. The molecule has 1 amide bonds. The van der Waals surface area contributed by atoms with Crippen LogP contribution >= 0.6 is 0 Å². The minimum absolute atomic E-state index is 0.0269. The van der Waals surface area contributed by atoms with Crippen molar-refractivity contribution in [2.45, 2.75) is 33.0 Å². The highest BCUT2D eigenvalue weighted by Crippen LogP contribution is 2.41. The van der Waals surface area contributed by atoms with Crippen molar-refractivity contribution in [3.05, 3.63) is 131 Å². The summed E-state index contributed by atoms with van der Waals surface area (Å²) in [6.07, 6.45) is 3.36. The van der Waals surface area contributed by atoms with Gasteiger partial charge >= 0.3 is 0 Å². The number of aryl methyl sites for hydroxylation is 2. The van der Waals surface area contributed by atoms with E-state index in [0.29, 0.717) is 35.0 Å². The quantitative estimate of drug-likeness (QED) is 0.163. The molecular weight excluding hydrogens is 506 g/mol. The molecule has 8 nitrogen and oxygen atoms in total. The van der Waals surface area contributed by atoms with Crippen LogP contribution in [0.1, 0.15) is 39.9 Å². The van der Waals surface area contributed by atoms with E-state index in [-0.39, 0.29) is 23.6 Å². The third kappa shape index (κ3) is 4.43. The maximum Gasteiger partial charge on any atom is 0.296 e. The molecule has 2 aromatic carbocycles. The van der Waals surface area contributed by atoms with Gasteiger partial charge in [0, 0.05) is 6.20 Å². The van der Waals surface area contributed by atoms with Crippen LogP contribution in [-0.4, -0.2) is 31.1 Å². The number of benzene rings is 2. The van der Waals surface area contributed by atoms with Crippen LogP contribution in [0.25, 0.3) is 11.4 Å². The van der Waals surface area contributed by atoms with Crippen molar-refractivity contribution in [1.29, 1.82) is 0 Å². The zero-order valence-corrected chi connectivity index (χ0v) is 22.1. The van der Waals surface area contributed by atoms with Crippen LogP contribution in [0.15, 0.2) is 101 Å². The lowest BCUT2D eigenvalue weighted by atomic mass is 9.96. The minimum atomic E-state index is -0.879. The van der Waals surface area contributed by atoms with Crippen LogP contribution in [0.2, 0.25) is 0 Å². The Hall–Kier alpha value is -5.11. The monoisotopic (exact) mass is 533 g/mol. The van der Waals surface area contributed by atoms with Gasteiger partial charge in [0.15, 0.2) is 5.76 Å². The number of ether oxygens (including phenoxy) is 1. The molecule has 1 saturated heterocycles. The highest BCUT2D eigenvalue weighted by Gasteiger charge is 2.47. The first-order valence-electron chi connectivity index (χ1n) is 12.9. The zero-order valence-electron chi connectivity index (χ0n) is 22.1. The van der Waals surface area contributed by atoms with E-state index in [1.165, 1.54) is 11.2 Å². The summed E-state index contributed by atoms with van der Waals surface area (Å²) in [4.78, 5) is 33.0. The fourth-order valence-corrected chi connectivity index (χ4v) is 5.15. The van der Waals surface area contributed by atoms with Gasteiger partial charge in [0.2, 0.25) is 0 Å². The second-order valence-electron chi connectivity index (χ2n) is 9.78. The molecule has 1 fully saturated rings. The number of nitrogens with zero attached hydrogens (tertiary/aromatic N) is 3. The first-order chi connectivity index (χ1) is 19.4. The highest BCUT2D eigenvalue weighted by molar-refractivity contribution is 6.46. The number of pyridine rings is 1. The van der Waals surface area contributed by atoms with Crippen molar-refractivity contribution in [2.24, 2.45) is 0 Å². The molecule has 1 aliphatic rings. The van der Waals surface area contributed by atoms with Gasteiger partial charge in [0.1, 0.15) is 29.5 Å². The Morgan fingerprint density at radius 2 is 1.82 bits per heavy atom. The lowest BCUT2D eigenvalue weighted by Gasteiger charge is -2.24. The first kappa shape index (κ1) is 25.2. The van der Waals surface area contributed by atoms with Crippen molar-refractivity contribution < 1.29 is 23.8 Å². The van der Waals surface area contributed by atoms with Crippen LogP contribution in [0.4, 0.5) is 0 Å². The van der Waals surface area contributed by atoms with Gasteiger partial charge in [-0.2, -0.15) is 0 Å². The lowest BCUT2D eigenvalue weighted by Crippen LogP contribution is -2.29. The number of ketones is 1. The number of carbonyl (C=O) groups is 2. The number of likely N-dealkylation sites (tertiary alicyclic amines) is 1. The predicted molar refractivity (Wildman–Crippen MR) is 148 cm³/mol. The molecule has 0 saturated carbocycles. The van der Waals surface area contributed by atoms with E-state index in [0.717, 1.165) is 11.1 Å². The number of hydrogen-bond donors (Lipinski definition) is 1. The number of hydrogen-bond acceptors (Lipinski definition) is 6. The molecule has 5 aromatic rings. The van der Waals surface area contributed by atoms with Crippen LogP contribution < -0.4 is 4.74 Å².